The summed E-state index contributed by atoms with van der Waals surface area (Å²) in [7, 11) is 1.61. The molecule has 0 fully saturated rings. The summed E-state index contributed by atoms with van der Waals surface area (Å²) in [6.07, 6.45) is 5.19. The summed E-state index contributed by atoms with van der Waals surface area (Å²) < 4.78 is 21.5. The molecule has 8 heteroatoms. The molecule has 0 amide bonds. The number of halogens is 1. The first-order valence-corrected chi connectivity index (χ1v) is 11.3. The number of hydrogen-bond donors (Lipinski definition) is 0. The molecule has 3 aromatic heterocycles. The Labute approximate surface area is 201 Å². The molecule has 4 heterocycles. The zero-order valence-corrected chi connectivity index (χ0v) is 19.3. The summed E-state index contributed by atoms with van der Waals surface area (Å²) in [4.78, 5) is 11.1. The molecule has 1 aliphatic heterocycles. The highest BCUT2D eigenvalue weighted by molar-refractivity contribution is 5.94. The molecule has 2 aromatic carbocycles. The maximum atomic E-state index is 14.4. The Morgan fingerprint density at radius 2 is 1.97 bits per heavy atom. The number of hydrogen-bond acceptors (Lipinski definition) is 6. The van der Waals surface area contributed by atoms with E-state index in [2.05, 4.69) is 38.0 Å². The number of rotatable bonds is 2. The van der Waals surface area contributed by atoms with Crippen molar-refractivity contribution in [1.82, 2.24) is 24.6 Å². The van der Waals surface area contributed by atoms with E-state index in [1.54, 1.807) is 25.6 Å². The van der Waals surface area contributed by atoms with Gasteiger partial charge in [0.05, 0.1) is 18.8 Å². The van der Waals surface area contributed by atoms with Gasteiger partial charge in [-0.05, 0) is 61.7 Å². The van der Waals surface area contributed by atoms with Gasteiger partial charge in [-0.3, -0.25) is 9.38 Å². The van der Waals surface area contributed by atoms with Crippen LogP contribution in [0.25, 0.3) is 16.7 Å². The van der Waals surface area contributed by atoms with Crippen molar-refractivity contribution in [2.45, 2.75) is 19.8 Å². The lowest BCUT2D eigenvalue weighted by molar-refractivity contribution is 0.413. The summed E-state index contributed by atoms with van der Waals surface area (Å²) in [5.74, 6) is 8.74. The summed E-state index contributed by atoms with van der Waals surface area (Å²) in [5, 5.41) is 9.14. The first-order chi connectivity index (χ1) is 17.1. The molecule has 0 radical (unpaired) electrons. The summed E-state index contributed by atoms with van der Waals surface area (Å²) in [6.45, 7) is 2.62. The van der Waals surface area contributed by atoms with Crippen LogP contribution in [-0.4, -0.2) is 38.2 Å². The van der Waals surface area contributed by atoms with Gasteiger partial charge in [0.25, 0.3) is 5.78 Å². The van der Waals surface area contributed by atoms with Crippen molar-refractivity contribution < 1.29 is 9.13 Å². The van der Waals surface area contributed by atoms with Crippen molar-refractivity contribution >= 4 is 28.2 Å². The monoisotopic (exact) mass is 464 g/mol. The van der Waals surface area contributed by atoms with Crippen molar-refractivity contribution in [2.24, 2.45) is 0 Å². The van der Waals surface area contributed by atoms with Crippen LogP contribution in [0.1, 0.15) is 28.9 Å². The van der Waals surface area contributed by atoms with Gasteiger partial charge >= 0.3 is 0 Å². The van der Waals surface area contributed by atoms with Crippen LogP contribution in [0.15, 0.2) is 54.9 Å². The second kappa shape index (κ2) is 8.37. The number of ether oxygens (including phenoxy) is 1. The molecule has 5 aromatic rings. The minimum absolute atomic E-state index is 0.311. The molecule has 35 heavy (non-hydrogen) atoms. The van der Waals surface area contributed by atoms with Crippen LogP contribution in [0.5, 0.6) is 5.75 Å². The SMILES string of the molecule is COc1cncc(C#Cc2cccc3c2CCCN3c2nc3nnc(C)n3c3ccc(F)cc23)c1. The highest BCUT2D eigenvalue weighted by Gasteiger charge is 2.24. The minimum Gasteiger partial charge on any atom is -0.495 e. The minimum atomic E-state index is -0.311. The third-order valence-corrected chi connectivity index (χ3v) is 6.25. The Morgan fingerprint density at radius 1 is 1.06 bits per heavy atom. The van der Waals surface area contributed by atoms with Crippen LogP contribution in [0.3, 0.4) is 0 Å². The highest BCUT2D eigenvalue weighted by atomic mass is 19.1. The van der Waals surface area contributed by atoms with E-state index in [9.17, 15) is 4.39 Å². The molecule has 0 bridgehead atoms. The number of pyridine rings is 1. The topological polar surface area (TPSA) is 68.4 Å². The average Bonchev–Trinajstić information content (AvgIpc) is 3.27. The Morgan fingerprint density at radius 3 is 2.86 bits per heavy atom. The molecular formula is C27H21FN6O. The standard InChI is InChI=1S/C27H21FN6O/c1-17-31-32-27-30-26(23-14-20(28)10-11-25(23)34(17)27)33-12-4-6-22-19(5-3-7-24(22)33)9-8-18-13-21(35-2)16-29-15-18/h3,5,7,10-11,13-16H,4,6,12H2,1-2H3. The van der Waals surface area contributed by atoms with E-state index in [1.807, 2.05) is 29.5 Å². The molecule has 6 rings (SSSR count). The van der Waals surface area contributed by atoms with Gasteiger partial charge in [-0.25, -0.2) is 4.39 Å². The van der Waals surface area contributed by atoms with Crippen molar-refractivity contribution in [1.29, 1.82) is 0 Å². The smallest absolute Gasteiger partial charge is 0.257 e. The molecule has 0 saturated heterocycles. The molecule has 172 valence electrons. The van der Waals surface area contributed by atoms with Crippen molar-refractivity contribution in [2.75, 3.05) is 18.6 Å². The molecule has 0 saturated carbocycles. The number of anilines is 2. The second-order valence-electron chi connectivity index (χ2n) is 8.40. The van der Waals surface area contributed by atoms with Gasteiger partial charge in [-0.15, -0.1) is 10.2 Å². The zero-order valence-electron chi connectivity index (χ0n) is 19.3. The van der Waals surface area contributed by atoms with Crippen molar-refractivity contribution in [3.63, 3.8) is 0 Å². The quantitative estimate of drug-likeness (QED) is 0.356. The molecule has 0 aliphatic carbocycles. The van der Waals surface area contributed by atoms with E-state index in [1.165, 1.54) is 12.1 Å². The van der Waals surface area contributed by atoms with Crippen LogP contribution < -0.4 is 9.64 Å². The van der Waals surface area contributed by atoms with E-state index in [-0.39, 0.29) is 5.82 Å². The number of methoxy groups -OCH3 is 1. The fourth-order valence-corrected chi connectivity index (χ4v) is 4.65. The lowest BCUT2D eigenvalue weighted by atomic mass is 9.96. The van der Waals surface area contributed by atoms with Gasteiger partial charge in [0.2, 0.25) is 0 Å². The van der Waals surface area contributed by atoms with Crippen LogP contribution in [0.4, 0.5) is 15.9 Å². The van der Waals surface area contributed by atoms with Gasteiger partial charge < -0.3 is 9.64 Å². The van der Waals surface area contributed by atoms with E-state index < -0.39 is 0 Å². The predicted octanol–water partition coefficient (Wildman–Crippen LogP) is 4.61. The molecule has 1 aliphatic rings. The van der Waals surface area contributed by atoms with Crippen LogP contribution in [0.2, 0.25) is 0 Å². The third kappa shape index (κ3) is 3.62. The highest BCUT2D eigenvalue weighted by Crippen LogP contribution is 2.38. The van der Waals surface area contributed by atoms with E-state index in [0.29, 0.717) is 28.6 Å². The maximum absolute atomic E-state index is 14.4. The first kappa shape index (κ1) is 21.1. The molecule has 7 nitrogen and oxygen atoms in total. The van der Waals surface area contributed by atoms with Gasteiger partial charge in [0.1, 0.15) is 23.2 Å². The normalized spacial score (nSPS) is 12.9. The second-order valence-corrected chi connectivity index (χ2v) is 8.40. The molecule has 0 atom stereocenters. The van der Waals surface area contributed by atoms with Gasteiger partial charge in [0.15, 0.2) is 0 Å². The number of aromatic nitrogens is 5. The summed E-state index contributed by atoms with van der Waals surface area (Å²) >= 11 is 0. The summed E-state index contributed by atoms with van der Waals surface area (Å²) in [5.41, 5.74) is 4.72. The molecule has 0 unspecified atom stereocenters. The molecule has 0 N–H and O–H groups in total. The number of aryl methyl sites for hydroxylation is 1. The number of nitrogens with zero attached hydrogens (tertiary/aromatic N) is 6. The average molecular weight is 465 g/mol. The Balaban J connectivity index is 1.50. The number of benzene rings is 2. The van der Waals surface area contributed by atoms with E-state index in [0.717, 1.165) is 47.3 Å². The largest absolute Gasteiger partial charge is 0.495 e. The number of fused-ring (bicyclic) bond motifs is 4. The fourth-order valence-electron chi connectivity index (χ4n) is 4.65. The van der Waals surface area contributed by atoms with Gasteiger partial charge in [-0.2, -0.15) is 4.98 Å². The Bertz CT molecular complexity index is 1670. The van der Waals surface area contributed by atoms with Crippen LogP contribution in [0, 0.1) is 24.6 Å². The maximum Gasteiger partial charge on any atom is 0.257 e. The lowest BCUT2D eigenvalue weighted by Crippen LogP contribution is -2.26. The fraction of sp³-hybridized carbons (Fsp3) is 0.185. The van der Waals surface area contributed by atoms with E-state index >= 15 is 0 Å². The van der Waals surface area contributed by atoms with Crippen molar-refractivity contribution in [3.05, 3.63) is 83.2 Å². The van der Waals surface area contributed by atoms with Gasteiger partial charge in [-0.1, -0.05) is 17.9 Å². The van der Waals surface area contributed by atoms with E-state index in [4.69, 9.17) is 9.72 Å². The van der Waals surface area contributed by atoms with Crippen LogP contribution in [-0.2, 0) is 6.42 Å². The summed E-state index contributed by atoms with van der Waals surface area (Å²) in [6, 6.07) is 12.7. The van der Waals surface area contributed by atoms with Crippen LogP contribution >= 0.6 is 0 Å². The zero-order chi connectivity index (χ0) is 23.9. The van der Waals surface area contributed by atoms with Crippen molar-refractivity contribution in [3.8, 4) is 17.6 Å². The predicted molar refractivity (Wildman–Crippen MR) is 132 cm³/mol. The first-order valence-electron chi connectivity index (χ1n) is 11.3. The molecular weight excluding hydrogens is 443 g/mol. The molecule has 0 spiro atoms. The Hall–Kier alpha value is -4.51. The third-order valence-electron chi connectivity index (χ3n) is 6.25. The lowest BCUT2D eigenvalue weighted by Gasteiger charge is -2.32. The van der Waals surface area contributed by atoms with Gasteiger partial charge in [0, 0.05) is 34.9 Å². The Kier molecular flexibility index (Phi) is 5.03.